The Bertz CT molecular complexity index is 590. The van der Waals surface area contributed by atoms with Gasteiger partial charge in [-0.2, -0.15) is 0 Å². The molecule has 2 aliphatic heterocycles. The summed E-state index contributed by atoms with van der Waals surface area (Å²) in [6, 6.07) is 6.80. The number of methoxy groups -OCH3 is 1. The molecule has 0 aliphatic carbocycles. The molecular weight excluding hydrogens is 328 g/mol. The summed E-state index contributed by atoms with van der Waals surface area (Å²) in [6.45, 7) is 3.80. The van der Waals surface area contributed by atoms with Crippen LogP contribution in [0, 0.1) is 5.41 Å². The lowest BCUT2D eigenvalue weighted by atomic mass is 9.71. The van der Waals surface area contributed by atoms with E-state index in [1.807, 2.05) is 4.90 Å². The second kappa shape index (κ2) is 7.99. The van der Waals surface area contributed by atoms with Gasteiger partial charge < -0.3 is 15.0 Å². The van der Waals surface area contributed by atoms with Gasteiger partial charge in [0.1, 0.15) is 0 Å². The van der Waals surface area contributed by atoms with E-state index < -0.39 is 5.97 Å². The second-order valence-electron chi connectivity index (χ2n) is 6.61. The van der Waals surface area contributed by atoms with Gasteiger partial charge in [-0.05, 0) is 62.4 Å². The molecule has 2 aliphatic rings. The van der Waals surface area contributed by atoms with E-state index in [0.717, 1.165) is 39.0 Å². The molecular formula is C18H25ClN2O3. The minimum atomic E-state index is -0.410. The summed E-state index contributed by atoms with van der Waals surface area (Å²) in [5.74, 6) is -0.397. The zero-order valence-corrected chi connectivity index (χ0v) is 14.9. The standard InChI is InChI=1S/C18H24N2O3.ClH/c1-23-17(22)15-4-2-3-14(13-15)16(21)20-11-7-18(8-12-20)5-9-19-10-6-18;/h2-4,13,19H,5-12H2,1H3;1H. The average Bonchev–Trinajstić information content (AvgIpc) is 2.62. The molecule has 1 amide bonds. The van der Waals surface area contributed by atoms with Crippen LogP contribution in [0.15, 0.2) is 24.3 Å². The van der Waals surface area contributed by atoms with Crippen LogP contribution in [0.3, 0.4) is 0 Å². The van der Waals surface area contributed by atoms with Crippen molar-refractivity contribution >= 4 is 24.3 Å². The molecule has 3 rings (SSSR count). The predicted molar refractivity (Wildman–Crippen MR) is 94.7 cm³/mol. The van der Waals surface area contributed by atoms with Gasteiger partial charge in [0.05, 0.1) is 12.7 Å². The summed E-state index contributed by atoms with van der Waals surface area (Å²) < 4.78 is 4.72. The largest absolute Gasteiger partial charge is 0.465 e. The van der Waals surface area contributed by atoms with Crippen LogP contribution in [0.4, 0.5) is 0 Å². The maximum Gasteiger partial charge on any atom is 0.337 e. The Morgan fingerprint density at radius 3 is 2.33 bits per heavy atom. The molecule has 2 fully saturated rings. The monoisotopic (exact) mass is 352 g/mol. The van der Waals surface area contributed by atoms with E-state index in [1.54, 1.807) is 24.3 Å². The first-order valence-electron chi connectivity index (χ1n) is 8.32. The third-order valence-electron chi connectivity index (χ3n) is 5.31. The molecule has 1 aromatic rings. The molecule has 1 N–H and O–H groups in total. The van der Waals surface area contributed by atoms with Crippen LogP contribution in [0.1, 0.15) is 46.4 Å². The smallest absolute Gasteiger partial charge is 0.337 e. The summed E-state index contributed by atoms with van der Waals surface area (Å²) in [5, 5.41) is 3.41. The number of amides is 1. The Labute approximate surface area is 149 Å². The van der Waals surface area contributed by atoms with Crippen LogP contribution in [0.5, 0.6) is 0 Å². The van der Waals surface area contributed by atoms with E-state index in [0.29, 0.717) is 16.5 Å². The molecule has 24 heavy (non-hydrogen) atoms. The van der Waals surface area contributed by atoms with Crippen molar-refractivity contribution in [2.75, 3.05) is 33.3 Å². The lowest BCUT2D eigenvalue weighted by Crippen LogP contribution is -2.47. The molecule has 0 aromatic heterocycles. The first-order valence-corrected chi connectivity index (χ1v) is 8.32. The fourth-order valence-corrected chi connectivity index (χ4v) is 3.72. The van der Waals surface area contributed by atoms with Crippen LogP contribution >= 0.6 is 12.4 Å². The van der Waals surface area contributed by atoms with E-state index in [4.69, 9.17) is 4.74 Å². The van der Waals surface area contributed by atoms with Gasteiger partial charge in [-0.15, -0.1) is 12.4 Å². The van der Waals surface area contributed by atoms with Crippen molar-refractivity contribution in [2.45, 2.75) is 25.7 Å². The predicted octanol–water partition coefficient (Wildman–Crippen LogP) is 2.50. The van der Waals surface area contributed by atoms with Gasteiger partial charge >= 0.3 is 5.97 Å². The van der Waals surface area contributed by atoms with Crippen molar-refractivity contribution in [3.05, 3.63) is 35.4 Å². The molecule has 1 aromatic carbocycles. The highest BCUT2D eigenvalue weighted by Gasteiger charge is 2.36. The number of carbonyl (C=O) groups is 2. The van der Waals surface area contributed by atoms with E-state index in [-0.39, 0.29) is 18.3 Å². The Morgan fingerprint density at radius 1 is 1.08 bits per heavy atom. The number of esters is 1. The second-order valence-corrected chi connectivity index (χ2v) is 6.61. The number of rotatable bonds is 2. The molecule has 5 nitrogen and oxygen atoms in total. The molecule has 2 saturated heterocycles. The molecule has 0 radical (unpaired) electrons. The highest BCUT2D eigenvalue weighted by atomic mass is 35.5. The highest BCUT2D eigenvalue weighted by Crippen LogP contribution is 2.39. The SMILES string of the molecule is COC(=O)c1cccc(C(=O)N2CCC3(CCNCC3)CC2)c1.Cl. The molecule has 0 atom stereocenters. The quantitative estimate of drug-likeness (QED) is 0.831. The number of nitrogens with one attached hydrogen (secondary N) is 1. The van der Waals surface area contributed by atoms with Crippen molar-refractivity contribution in [1.29, 1.82) is 0 Å². The summed E-state index contributed by atoms with van der Waals surface area (Å²) in [5.41, 5.74) is 1.41. The summed E-state index contributed by atoms with van der Waals surface area (Å²) in [6.07, 6.45) is 4.59. The van der Waals surface area contributed by atoms with Gasteiger partial charge in [-0.3, -0.25) is 4.79 Å². The molecule has 0 unspecified atom stereocenters. The summed E-state index contributed by atoms with van der Waals surface area (Å²) >= 11 is 0. The highest BCUT2D eigenvalue weighted by molar-refractivity contribution is 5.98. The topological polar surface area (TPSA) is 58.6 Å². The normalized spacial score (nSPS) is 19.5. The zero-order chi connectivity index (χ0) is 16.3. The number of hydrogen-bond donors (Lipinski definition) is 1. The Kier molecular flexibility index (Phi) is 6.24. The number of piperidine rings is 2. The minimum Gasteiger partial charge on any atom is -0.465 e. The van der Waals surface area contributed by atoms with Crippen molar-refractivity contribution in [2.24, 2.45) is 5.41 Å². The minimum absolute atomic E-state index is 0. The van der Waals surface area contributed by atoms with E-state index in [9.17, 15) is 9.59 Å². The van der Waals surface area contributed by atoms with Crippen molar-refractivity contribution in [1.82, 2.24) is 10.2 Å². The lowest BCUT2D eigenvalue weighted by Gasteiger charge is -2.44. The summed E-state index contributed by atoms with van der Waals surface area (Å²) in [7, 11) is 1.35. The molecule has 2 heterocycles. The third-order valence-corrected chi connectivity index (χ3v) is 5.31. The molecule has 132 valence electrons. The first-order chi connectivity index (χ1) is 11.1. The van der Waals surface area contributed by atoms with Gasteiger partial charge in [-0.1, -0.05) is 6.07 Å². The van der Waals surface area contributed by atoms with Gasteiger partial charge in [0.2, 0.25) is 0 Å². The third kappa shape index (κ3) is 3.90. The maximum atomic E-state index is 12.7. The molecule has 1 spiro atoms. The number of hydrogen-bond acceptors (Lipinski definition) is 4. The summed E-state index contributed by atoms with van der Waals surface area (Å²) in [4.78, 5) is 26.2. The van der Waals surface area contributed by atoms with E-state index in [2.05, 4.69) is 5.32 Å². The van der Waals surface area contributed by atoms with Gasteiger partial charge in [0, 0.05) is 18.7 Å². The van der Waals surface area contributed by atoms with Gasteiger partial charge in [0.25, 0.3) is 5.91 Å². The average molecular weight is 353 g/mol. The Hall–Kier alpha value is -1.59. The molecule has 0 saturated carbocycles. The van der Waals surface area contributed by atoms with Crippen LogP contribution in [-0.2, 0) is 4.74 Å². The van der Waals surface area contributed by atoms with Crippen molar-refractivity contribution in [3.8, 4) is 0 Å². The van der Waals surface area contributed by atoms with Crippen molar-refractivity contribution in [3.63, 3.8) is 0 Å². The number of carbonyl (C=O) groups excluding carboxylic acids is 2. The van der Waals surface area contributed by atoms with Crippen LogP contribution < -0.4 is 5.32 Å². The van der Waals surface area contributed by atoms with Crippen LogP contribution in [-0.4, -0.2) is 50.1 Å². The van der Waals surface area contributed by atoms with Crippen LogP contribution in [0.2, 0.25) is 0 Å². The number of benzene rings is 1. The Morgan fingerprint density at radius 2 is 1.71 bits per heavy atom. The molecule has 6 heteroatoms. The number of likely N-dealkylation sites (tertiary alicyclic amines) is 1. The zero-order valence-electron chi connectivity index (χ0n) is 14.0. The lowest BCUT2D eigenvalue weighted by molar-refractivity contribution is 0.0495. The molecule has 0 bridgehead atoms. The number of ether oxygens (including phenoxy) is 1. The van der Waals surface area contributed by atoms with Crippen LogP contribution in [0.25, 0.3) is 0 Å². The van der Waals surface area contributed by atoms with Gasteiger partial charge in [-0.25, -0.2) is 4.79 Å². The van der Waals surface area contributed by atoms with Gasteiger partial charge in [0.15, 0.2) is 0 Å². The van der Waals surface area contributed by atoms with E-state index in [1.165, 1.54) is 20.0 Å². The number of nitrogens with zero attached hydrogens (tertiary/aromatic N) is 1. The fraction of sp³-hybridized carbons (Fsp3) is 0.556. The number of halogens is 1. The van der Waals surface area contributed by atoms with Crippen molar-refractivity contribution < 1.29 is 14.3 Å². The fourth-order valence-electron chi connectivity index (χ4n) is 3.72. The maximum absolute atomic E-state index is 12.7. The van der Waals surface area contributed by atoms with E-state index >= 15 is 0 Å². The first kappa shape index (κ1) is 18.7. The Balaban J connectivity index is 0.00000208.